The minimum absolute atomic E-state index is 0.135. The topological polar surface area (TPSA) is 121 Å². The number of carbonyl (C=O) groups is 1. The highest BCUT2D eigenvalue weighted by molar-refractivity contribution is 7.16. The number of hydrogen-bond acceptors (Lipinski definition) is 9. The first-order valence-electron chi connectivity index (χ1n) is 10.5. The molecule has 1 saturated carbocycles. The highest BCUT2D eigenvalue weighted by atomic mass is 32.1. The van der Waals surface area contributed by atoms with Crippen LogP contribution >= 0.6 is 11.3 Å². The lowest BCUT2D eigenvalue weighted by atomic mass is 9.66. The molecular weight excluding hydrogens is 433 g/mol. The maximum absolute atomic E-state index is 14.3. The van der Waals surface area contributed by atoms with Crippen molar-refractivity contribution in [3.63, 3.8) is 0 Å². The van der Waals surface area contributed by atoms with Gasteiger partial charge in [-0.2, -0.15) is 0 Å². The molecule has 10 heteroatoms. The van der Waals surface area contributed by atoms with Crippen LogP contribution in [0, 0.1) is 5.82 Å². The first kappa shape index (κ1) is 22.4. The van der Waals surface area contributed by atoms with Gasteiger partial charge in [-0.25, -0.2) is 9.37 Å². The van der Waals surface area contributed by atoms with Crippen LogP contribution in [0.5, 0.6) is 0 Å². The van der Waals surface area contributed by atoms with Crippen LogP contribution in [0.25, 0.3) is 10.7 Å². The number of nitrogens with one attached hydrogen (secondary N) is 1. The second kappa shape index (κ2) is 9.76. The van der Waals surface area contributed by atoms with Crippen molar-refractivity contribution in [2.75, 3.05) is 18.5 Å². The maximum Gasteiger partial charge on any atom is 0.174 e. The monoisotopic (exact) mass is 457 g/mol. The highest BCUT2D eigenvalue weighted by Gasteiger charge is 2.41. The van der Waals surface area contributed by atoms with E-state index in [1.807, 2.05) is 0 Å². The number of aliphatic hydroxyl groups is 2. The summed E-state index contributed by atoms with van der Waals surface area (Å²) in [6.45, 7) is 0.152. The maximum atomic E-state index is 14.3. The molecular formula is C22H24FN5O3S. The molecule has 4 rings (SSSR count). The zero-order valence-corrected chi connectivity index (χ0v) is 18.2. The molecule has 0 radical (unpaired) electrons. The van der Waals surface area contributed by atoms with Crippen molar-refractivity contribution in [1.82, 2.24) is 20.2 Å². The summed E-state index contributed by atoms with van der Waals surface area (Å²) < 4.78 is 14.3. The van der Waals surface area contributed by atoms with Gasteiger partial charge in [-0.3, -0.25) is 9.78 Å². The molecule has 0 aromatic carbocycles. The number of aliphatic hydroxyl groups excluding tert-OH is 2. The second-order valence-corrected chi connectivity index (χ2v) is 8.98. The molecule has 0 bridgehead atoms. The van der Waals surface area contributed by atoms with Crippen molar-refractivity contribution in [2.24, 2.45) is 0 Å². The van der Waals surface area contributed by atoms with Crippen LogP contribution in [0.1, 0.15) is 47.5 Å². The smallest absolute Gasteiger partial charge is 0.174 e. The lowest BCUT2D eigenvalue weighted by Crippen LogP contribution is -2.42. The fraction of sp³-hybridized carbons (Fsp3) is 0.409. The first-order chi connectivity index (χ1) is 15.5. The van der Waals surface area contributed by atoms with Crippen LogP contribution in [0.15, 0.2) is 36.7 Å². The van der Waals surface area contributed by atoms with E-state index < -0.39 is 6.10 Å². The van der Waals surface area contributed by atoms with E-state index in [9.17, 15) is 14.3 Å². The summed E-state index contributed by atoms with van der Waals surface area (Å²) in [5, 5.41) is 30.5. The molecule has 1 fully saturated rings. The zero-order chi connectivity index (χ0) is 22.6. The van der Waals surface area contributed by atoms with Crippen molar-refractivity contribution in [3.05, 3.63) is 53.0 Å². The Labute approximate surface area is 188 Å². The fourth-order valence-electron chi connectivity index (χ4n) is 3.71. The Morgan fingerprint density at radius 1 is 1.25 bits per heavy atom. The Kier molecular flexibility index (Phi) is 6.83. The number of nitrogens with zero attached hydrogens (tertiary/aromatic N) is 4. The number of rotatable bonds is 10. The minimum atomic E-state index is -0.898. The summed E-state index contributed by atoms with van der Waals surface area (Å²) in [7, 11) is 0. The Hall–Kier alpha value is -2.82. The summed E-state index contributed by atoms with van der Waals surface area (Å²) >= 11 is 1.21. The molecule has 8 nitrogen and oxygen atoms in total. The number of Topliss-reactive ketones (excluding diaryl/α,β-unsaturated/α-hetero) is 1. The van der Waals surface area contributed by atoms with Crippen LogP contribution in [-0.2, 0) is 5.41 Å². The number of carbonyl (C=O) groups excluding carboxylic acids is 1. The van der Waals surface area contributed by atoms with Crippen molar-refractivity contribution in [2.45, 2.75) is 43.6 Å². The molecule has 0 aliphatic heterocycles. The van der Waals surface area contributed by atoms with Crippen molar-refractivity contribution < 1.29 is 19.4 Å². The Balaban J connectivity index is 1.38. The highest BCUT2D eigenvalue weighted by Crippen LogP contribution is 2.43. The van der Waals surface area contributed by atoms with Gasteiger partial charge >= 0.3 is 0 Å². The van der Waals surface area contributed by atoms with Crippen LogP contribution < -0.4 is 5.32 Å². The number of ketones is 1. The van der Waals surface area contributed by atoms with Gasteiger partial charge in [-0.05, 0) is 43.5 Å². The SMILES string of the molecule is O=C(CCC(O)CO)c1cnc(-c2ccc(NCC3(c4ncccc4F)CCC3)nn2)s1. The third kappa shape index (κ3) is 4.82. The van der Waals surface area contributed by atoms with E-state index >= 15 is 0 Å². The summed E-state index contributed by atoms with van der Waals surface area (Å²) in [6, 6.07) is 6.59. The molecule has 1 atom stereocenters. The Morgan fingerprint density at radius 3 is 2.75 bits per heavy atom. The molecule has 0 saturated heterocycles. The quantitative estimate of drug-likeness (QED) is 0.397. The van der Waals surface area contributed by atoms with E-state index in [0.29, 0.717) is 33.6 Å². The molecule has 32 heavy (non-hydrogen) atoms. The number of hydrogen-bond donors (Lipinski definition) is 3. The van der Waals surface area contributed by atoms with Crippen LogP contribution in [0.3, 0.4) is 0 Å². The minimum Gasteiger partial charge on any atom is -0.394 e. The lowest BCUT2D eigenvalue weighted by molar-refractivity contribution is 0.0781. The van der Waals surface area contributed by atoms with Gasteiger partial charge in [-0.15, -0.1) is 21.5 Å². The summed E-state index contributed by atoms with van der Waals surface area (Å²) in [5.41, 5.74) is 0.707. The average Bonchev–Trinajstić information content (AvgIpc) is 3.28. The number of halogens is 1. The van der Waals surface area contributed by atoms with Crippen LogP contribution in [0.2, 0.25) is 0 Å². The van der Waals surface area contributed by atoms with E-state index in [1.165, 1.54) is 23.6 Å². The first-order valence-corrected chi connectivity index (χ1v) is 11.3. The zero-order valence-electron chi connectivity index (χ0n) is 17.4. The molecule has 1 aliphatic rings. The molecule has 1 unspecified atom stereocenters. The average molecular weight is 458 g/mol. The summed E-state index contributed by atoms with van der Waals surface area (Å²) in [5.74, 6) is 0.151. The molecule has 3 aromatic rings. The number of anilines is 1. The molecule has 3 N–H and O–H groups in total. The summed E-state index contributed by atoms with van der Waals surface area (Å²) in [4.78, 5) is 21.2. The normalized spacial score (nSPS) is 15.7. The molecule has 1 aliphatic carbocycles. The largest absolute Gasteiger partial charge is 0.394 e. The number of aromatic nitrogens is 4. The van der Waals surface area contributed by atoms with Gasteiger partial charge in [0.1, 0.15) is 22.3 Å². The summed E-state index contributed by atoms with van der Waals surface area (Å²) in [6.07, 6.45) is 5.31. The Bertz CT molecular complexity index is 1070. The Morgan fingerprint density at radius 2 is 2.09 bits per heavy atom. The van der Waals surface area contributed by atoms with Gasteiger partial charge < -0.3 is 15.5 Å². The van der Waals surface area contributed by atoms with Gasteiger partial charge in [0.25, 0.3) is 0 Å². The molecule has 3 aromatic heterocycles. The van der Waals surface area contributed by atoms with E-state index in [0.717, 1.165) is 19.3 Å². The van der Waals surface area contributed by atoms with Crippen molar-refractivity contribution in [3.8, 4) is 10.7 Å². The third-order valence-electron chi connectivity index (χ3n) is 5.76. The molecule has 3 heterocycles. The van der Waals surface area contributed by atoms with E-state index in [2.05, 4.69) is 25.5 Å². The van der Waals surface area contributed by atoms with Gasteiger partial charge in [0.15, 0.2) is 5.78 Å². The van der Waals surface area contributed by atoms with Gasteiger partial charge in [-0.1, -0.05) is 6.42 Å². The van der Waals surface area contributed by atoms with E-state index in [4.69, 9.17) is 5.11 Å². The van der Waals surface area contributed by atoms with Gasteiger partial charge in [0.05, 0.1) is 23.3 Å². The lowest BCUT2D eigenvalue weighted by Gasteiger charge is -2.41. The number of pyridine rings is 1. The van der Waals surface area contributed by atoms with E-state index in [1.54, 1.807) is 24.4 Å². The predicted molar refractivity (Wildman–Crippen MR) is 118 cm³/mol. The van der Waals surface area contributed by atoms with Gasteiger partial charge in [0.2, 0.25) is 0 Å². The number of thiazole rings is 1. The standard InChI is InChI=1S/C22H24FN5O3S/c23-15-3-1-10-24-20(15)22(8-2-9-22)13-26-19-7-5-16(27-28-19)21-25-11-18(32-21)17(31)6-4-14(30)12-29/h1,3,5,7,10-11,14,29-30H,2,4,6,8-9,12-13H2,(H,26,28). The van der Waals surface area contributed by atoms with Crippen LogP contribution in [-0.4, -0.2) is 55.4 Å². The third-order valence-corrected chi connectivity index (χ3v) is 6.82. The second-order valence-electron chi connectivity index (χ2n) is 7.95. The van der Waals surface area contributed by atoms with Crippen molar-refractivity contribution in [1.29, 1.82) is 0 Å². The molecule has 168 valence electrons. The predicted octanol–water partition coefficient (Wildman–Crippen LogP) is 2.98. The molecule has 0 amide bonds. The van der Waals surface area contributed by atoms with E-state index in [-0.39, 0.29) is 36.5 Å². The van der Waals surface area contributed by atoms with Crippen LogP contribution in [0.4, 0.5) is 10.2 Å². The van der Waals surface area contributed by atoms with Crippen molar-refractivity contribution >= 4 is 22.9 Å². The fourth-order valence-corrected chi connectivity index (χ4v) is 4.56. The van der Waals surface area contributed by atoms with Gasteiger partial charge in [0, 0.05) is 30.8 Å². The molecule has 0 spiro atoms.